The van der Waals surface area contributed by atoms with Crippen molar-refractivity contribution in [3.8, 4) is 5.75 Å². The highest BCUT2D eigenvalue weighted by molar-refractivity contribution is 6.51. The van der Waals surface area contributed by atoms with Crippen LogP contribution < -0.4 is 9.64 Å². The molecule has 0 aromatic heterocycles. The van der Waals surface area contributed by atoms with Gasteiger partial charge in [-0.2, -0.15) is 0 Å². The van der Waals surface area contributed by atoms with Gasteiger partial charge in [0.15, 0.2) is 0 Å². The van der Waals surface area contributed by atoms with Gasteiger partial charge in [-0.05, 0) is 60.2 Å². The number of carbonyl (C=O) groups is 2. The third kappa shape index (κ3) is 3.71. The van der Waals surface area contributed by atoms with E-state index >= 15 is 0 Å². The molecule has 0 spiro atoms. The maximum Gasteiger partial charge on any atom is 0.300 e. The lowest BCUT2D eigenvalue weighted by molar-refractivity contribution is -0.132. The molecule has 1 fully saturated rings. The lowest BCUT2D eigenvalue weighted by Crippen LogP contribution is -2.29. The zero-order valence-electron chi connectivity index (χ0n) is 16.7. The van der Waals surface area contributed by atoms with E-state index in [1.165, 1.54) is 61.7 Å². The van der Waals surface area contributed by atoms with Crippen LogP contribution in [0, 0.1) is 11.6 Å². The molecule has 4 rings (SSSR count). The predicted molar refractivity (Wildman–Crippen MR) is 116 cm³/mol. The van der Waals surface area contributed by atoms with Gasteiger partial charge in [0.05, 0.1) is 23.7 Å². The van der Waals surface area contributed by atoms with Crippen molar-refractivity contribution >= 4 is 34.7 Å². The smallest absolute Gasteiger partial charge is 0.300 e. The van der Waals surface area contributed by atoms with Crippen molar-refractivity contribution < 1.29 is 28.2 Å². The number of benzene rings is 3. The van der Waals surface area contributed by atoms with Gasteiger partial charge in [-0.15, -0.1) is 0 Å². The number of halogens is 3. The van der Waals surface area contributed by atoms with E-state index in [0.29, 0.717) is 10.6 Å². The number of hydrogen-bond donors (Lipinski definition) is 1. The fourth-order valence-corrected chi connectivity index (χ4v) is 3.82. The van der Waals surface area contributed by atoms with E-state index in [0.717, 1.165) is 17.0 Å². The molecule has 8 heteroatoms. The molecule has 1 unspecified atom stereocenters. The molecule has 162 valence electrons. The van der Waals surface area contributed by atoms with Gasteiger partial charge in [-0.3, -0.25) is 14.5 Å². The Balaban J connectivity index is 1.94. The molecule has 1 amide bonds. The summed E-state index contributed by atoms with van der Waals surface area (Å²) in [5.74, 6) is -3.05. The minimum absolute atomic E-state index is 0.199. The van der Waals surface area contributed by atoms with Crippen LogP contribution in [0.5, 0.6) is 5.75 Å². The summed E-state index contributed by atoms with van der Waals surface area (Å²) in [5.41, 5.74) is 0.638. The van der Waals surface area contributed by atoms with Crippen molar-refractivity contribution in [2.75, 3.05) is 12.0 Å². The summed E-state index contributed by atoms with van der Waals surface area (Å²) in [4.78, 5) is 27.2. The maximum atomic E-state index is 13.6. The van der Waals surface area contributed by atoms with Gasteiger partial charge in [-0.1, -0.05) is 23.7 Å². The van der Waals surface area contributed by atoms with E-state index in [1.807, 2.05) is 0 Å². The average Bonchev–Trinajstić information content (AvgIpc) is 3.05. The number of nitrogens with zero attached hydrogens (tertiary/aromatic N) is 1. The average molecular weight is 456 g/mol. The van der Waals surface area contributed by atoms with Gasteiger partial charge in [0, 0.05) is 11.3 Å². The first kappa shape index (κ1) is 21.5. The predicted octanol–water partition coefficient (Wildman–Crippen LogP) is 5.25. The third-order valence-corrected chi connectivity index (χ3v) is 5.47. The first-order valence-corrected chi connectivity index (χ1v) is 9.85. The Bertz CT molecular complexity index is 1240. The molecular formula is C24H16ClF2NO4. The highest BCUT2D eigenvalue weighted by Crippen LogP contribution is 2.42. The van der Waals surface area contributed by atoms with Crippen LogP contribution in [0.3, 0.4) is 0 Å². The number of amides is 1. The Hall–Kier alpha value is -3.71. The lowest BCUT2D eigenvalue weighted by atomic mass is 9.95. The number of rotatable bonds is 4. The number of carbonyl (C=O) groups excluding carboxylic acids is 2. The SMILES string of the molecule is COc1cc(/C(O)=C2/C(=O)C(=O)N(c3ccc(F)cc3)C2c2ccc(F)cc2)ccc1Cl. The van der Waals surface area contributed by atoms with Crippen molar-refractivity contribution in [1.82, 2.24) is 0 Å². The van der Waals surface area contributed by atoms with Gasteiger partial charge < -0.3 is 9.84 Å². The number of Topliss-reactive ketones (excluding diaryl/α,β-unsaturated/α-hetero) is 1. The van der Waals surface area contributed by atoms with E-state index in [2.05, 4.69) is 0 Å². The van der Waals surface area contributed by atoms with E-state index < -0.39 is 35.1 Å². The highest BCUT2D eigenvalue weighted by atomic mass is 35.5. The molecule has 1 N–H and O–H groups in total. The molecule has 1 atom stereocenters. The second-order valence-electron chi connectivity index (χ2n) is 7.05. The Labute approximate surface area is 187 Å². The zero-order chi connectivity index (χ0) is 23.0. The second-order valence-corrected chi connectivity index (χ2v) is 7.45. The first-order chi connectivity index (χ1) is 15.3. The summed E-state index contributed by atoms with van der Waals surface area (Å²) >= 11 is 6.05. The van der Waals surface area contributed by atoms with Gasteiger partial charge in [-0.25, -0.2) is 8.78 Å². The number of aliphatic hydroxyl groups excluding tert-OH is 1. The Morgan fingerprint density at radius 3 is 2.16 bits per heavy atom. The topological polar surface area (TPSA) is 66.8 Å². The van der Waals surface area contributed by atoms with Crippen LogP contribution in [-0.2, 0) is 9.59 Å². The van der Waals surface area contributed by atoms with Gasteiger partial charge >= 0.3 is 0 Å². The van der Waals surface area contributed by atoms with Crippen molar-refractivity contribution in [3.05, 3.63) is 100 Å². The van der Waals surface area contributed by atoms with Gasteiger partial charge in [0.25, 0.3) is 11.7 Å². The number of aliphatic hydroxyl groups is 1. The summed E-state index contributed by atoms with van der Waals surface area (Å²) in [6.07, 6.45) is 0. The van der Waals surface area contributed by atoms with Gasteiger partial charge in [0.2, 0.25) is 0 Å². The van der Waals surface area contributed by atoms with Crippen LogP contribution in [0.4, 0.5) is 14.5 Å². The van der Waals surface area contributed by atoms with E-state index in [-0.39, 0.29) is 22.6 Å². The van der Waals surface area contributed by atoms with Crippen molar-refractivity contribution in [2.24, 2.45) is 0 Å². The van der Waals surface area contributed by atoms with Crippen molar-refractivity contribution in [2.45, 2.75) is 6.04 Å². The molecule has 1 heterocycles. The molecular weight excluding hydrogens is 440 g/mol. The molecule has 0 aliphatic carbocycles. The molecule has 0 radical (unpaired) electrons. The zero-order valence-corrected chi connectivity index (χ0v) is 17.4. The Morgan fingerprint density at radius 1 is 0.969 bits per heavy atom. The van der Waals surface area contributed by atoms with Gasteiger partial charge in [0.1, 0.15) is 23.1 Å². The number of methoxy groups -OCH3 is 1. The van der Waals surface area contributed by atoms with Crippen molar-refractivity contribution in [1.29, 1.82) is 0 Å². The summed E-state index contributed by atoms with van der Waals surface area (Å²) in [5, 5.41) is 11.4. The van der Waals surface area contributed by atoms with Crippen LogP contribution in [0.1, 0.15) is 17.2 Å². The lowest BCUT2D eigenvalue weighted by Gasteiger charge is -2.25. The minimum Gasteiger partial charge on any atom is -0.507 e. The largest absolute Gasteiger partial charge is 0.507 e. The fraction of sp³-hybridized carbons (Fsp3) is 0.0833. The Kier molecular flexibility index (Phi) is 5.67. The fourth-order valence-electron chi connectivity index (χ4n) is 3.62. The standard InChI is InChI=1S/C24H16ClF2NO4/c1-32-19-12-14(4-11-18(19)25)22(29)20-21(13-2-5-15(26)6-3-13)28(24(31)23(20)30)17-9-7-16(27)8-10-17/h2-12,21,29H,1H3/b22-20-. The van der Waals surface area contributed by atoms with Crippen LogP contribution in [0.2, 0.25) is 5.02 Å². The summed E-state index contributed by atoms with van der Waals surface area (Å²) in [7, 11) is 1.40. The highest BCUT2D eigenvalue weighted by Gasteiger charge is 2.47. The molecule has 1 saturated heterocycles. The maximum absolute atomic E-state index is 13.6. The molecule has 1 aliphatic heterocycles. The molecule has 5 nitrogen and oxygen atoms in total. The number of ether oxygens (including phenoxy) is 1. The summed E-state index contributed by atoms with van der Waals surface area (Å²) in [6.45, 7) is 0. The van der Waals surface area contributed by atoms with E-state index in [1.54, 1.807) is 0 Å². The summed E-state index contributed by atoms with van der Waals surface area (Å²) < 4.78 is 32.2. The Morgan fingerprint density at radius 2 is 1.56 bits per heavy atom. The van der Waals surface area contributed by atoms with E-state index in [4.69, 9.17) is 16.3 Å². The van der Waals surface area contributed by atoms with Crippen LogP contribution >= 0.6 is 11.6 Å². The van der Waals surface area contributed by atoms with Crippen LogP contribution in [-0.4, -0.2) is 23.9 Å². The first-order valence-electron chi connectivity index (χ1n) is 9.47. The quantitative estimate of drug-likeness (QED) is 0.331. The summed E-state index contributed by atoms with van der Waals surface area (Å²) in [6, 6.07) is 13.5. The molecule has 3 aromatic rings. The minimum atomic E-state index is -1.07. The second kappa shape index (κ2) is 8.43. The molecule has 0 bridgehead atoms. The van der Waals surface area contributed by atoms with Crippen LogP contribution in [0.25, 0.3) is 5.76 Å². The number of ketones is 1. The number of anilines is 1. The molecule has 3 aromatic carbocycles. The monoisotopic (exact) mass is 455 g/mol. The third-order valence-electron chi connectivity index (χ3n) is 5.16. The normalized spacial score (nSPS) is 17.6. The number of hydrogen-bond acceptors (Lipinski definition) is 4. The molecule has 0 saturated carbocycles. The molecule has 32 heavy (non-hydrogen) atoms. The molecule has 1 aliphatic rings. The van der Waals surface area contributed by atoms with Crippen LogP contribution in [0.15, 0.2) is 72.3 Å². The van der Waals surface area contributed by atoms with Crippen molar-refractivity contribution in [3.63, 3.8) is 0 Å². The van der Waals surface area contributed by atoms with E-state index in [9.17, 15) is 23.5 Å².